The molecule has 0 aliphatic carbocycles. The van der Waals surface area contributed by atoms with E-state index in [1.54, 1.807) is 0 Å². The van der Waals surface area contributed by atoms with Gasteiger partial charge in [0.2, 0.25) is 0 Å². The molecule has 0 spiro atoms. The Labute approximate surface area is 132 Å². The quantitative estimate of drug-likeness (QED) is 0.732. The Bertz CT molecular complexity index is 660. The molecular formula is C17H18BrF2N. The number of hydrogen-bond acceptors (Lipinski definition) is 1. The van der Waals surface area contributed by atoms with Gasteiger partial charge in [-0.25, -0.2) is 8.78 Å². The molecule has 21 heavy (non-hydrogen) atoms. The molecule has 1 unspecified atom stereocenters. The van der Waals surface area contributed by atoms with E-state index in [9.17, 15) is 8.78 Å². The Morgan fingerprint density at radius 3 is 2.00 bits per heavy atom. The van der Waals surface area contributed by atoms with Crippen LogP contribution in [-0.4, -0.2) is 0 Å². The van der Waals surface area contributed by atoms with Crippen molar-refractivity contribution in [2.24, 2.45) is 0 Å². The summed E-state index contributed by atoms with van der Waals surface area (Å²) in [5.41, 5.74) is 4.43. The van der Waals surface area contributed by atoms with E-state index in [2.05, 4.69) is 40.3 Å². The number of aryl methyl sites for hydroxylation is 3. The van der Waals surface area contributed by atoms with Gasteiger partial charge in [-0.3, -0.25) is 0 Å². The smallest absolute Gasteiger partial charge is 0.150 e. The van der Waals surface area contributed by atoms with Gasteiger partial charge in [-0.15, -0.1) is 0 Å². The molecule has 0 fully saturated rings. The summed E-state index contributed by atoms with van der Waals surface area (Å²) in [6, 6.07) is 6.49. The summed E-state index contributed by atoms with van der Waals surface area (Å²) in [5.74, 6) is -1.20. The maximum absolute atomic E-state index is 13.9. The zero-order valence-electron chi connectivity index (χ0n) is 12.5. The second-order valence-electron chi connectivity index (χ2n) is 5.40. The molecule has 0 aliphatic heterocycles. The Balaban J connectivity index is 2.35. The van der Waals surface area contributed by atoms with Crippen LogP contribution in [0.25, 0.3) is 0 Å². The van der Waals surface area contributed by atoms with Crippen LogP contribution < -0.4 is 5.32 Å². The Kier molecular flexibility index (Phi) is 4.67. The summed E-state index contributed by atoms with van der Waals surface area (Å²) < 4.78 is 28.2. The Morgan fingerprint density at radius 1 is 0.905 bits per heavy atom. The van der Waals surface area contributed by atoms with Crippen molar-refractivity contribution in [1.82, 2.24) is 0 Å². The van der Waals surface area contributed by atoms with Gasteiger partial charge in [0, 0.05) is 10.5 Å². The van der Waals surface area contributed by atoms with E-state index in [1.807, 2.05) is 20.8 Å². The van der Waals surface area contributed by atoms with Crippen molar-refractivity contribution in [2.75, 3.05) is 5.32 Å². The molecule has 1 N–H and O–H groups in total. The molecular weight excluding hydrogens is 336 g/mol. The van der Waals surface area contributed by atoms with E-state index in [0.29, 0.717) is 4.47 Å². The van der Waals surface area contributed by atoms with Crippen LogP contribution in [0.15, 0.2) is 28.7 Å². The summed E-state index contributed by atoms with van der Waals surface area (Å²) >= 11 is 3.08. The summed E-state index contributed by atoms with van der Waals surface area (Å²) in [6.45, 7) is 8.00. The van der Waals surface area contributed by atoms with E-state index < -0.39 is 11.6 Å². The fourth-order valence-electron chi connectivity index (χ4n) is 2.42. The molecule has 0 saturated heterocycles. The van der Waals surface area contributed by atoms with Gasteiger partial charge in [-0.1, -0.05) is 28.1 Å². The first kappa shape index (κ1) is 16.0. The minimum absolute atomic E-state index is 0.0941. The molecule has 2 aromatic carbocycles. The normalized spacial score (nSPS) is 12.3. The lowest BCUT2D eigenvalue weighted by atomic mass is 9.96. The topological polar surface area (TPSA) is 12.0 Å². The molecule has 2 aromatic rings. The molecule has 0 heterocycles. The third-order valence-electron chi connectivity index (χ3n) is 3.72. The van der Waals surface area contributed by atoms with Crippen LogP contribution in [0.5, 0.6) is 0 Å². The summed E-state index contributed by atoms with van der Waals surface area (Å²) in [6.07, 6.45) is 0. The van der Waals surface area contributed by atoms with Crippen LogP contribution in [-0.2, 0) is 0 Å². The summed E-state index contributed by atoms with van der Waals surface area (Å²) in [4.78, 5) is 0. The SMILES string of the molecule is Cc1cc(C)c(C(C)Nc2c(F)cc(Br)cc2F)cc1C. The molecule has 0 saturated carbocycles. The van der Waals surface area contributed by atoms with Gasteiger partial charge in [0.05, 0.1) is 0 Å². The van der Waals surface area contributed by atoms with E-state index in [-0.39, 0.29) is 11.7 Å². The zero-order valence-corrected chi connectivity index (χ0v) is 14.1. The van der Waals surface area contributed by atoms with Crippen molar-refractivity contribution in [3.63, 3.8) is 0 Å². The fourth-order valence-corrected chi connectivity index (χ4v) is 2.83. The van der Waals surface area contributed by atoms with Crippen LogP contribution in [0.3, 0.4) is 0 Å². The highest BCUT2D eigenvalue weighted by Crippen LogP contribution is 2.29. The fraction of sp³-hybridized carbons (Fsp3) is 0.294. The second-order valence-corrected chi connectivity index (χ2v) is 6.32. The van der Waals surface area contributed by atoms with Crippen LogP contribution in [0.1, 0.15) is 35.2 Å². The average Bonchev–Trinajstić information content (AvgIpc) is 2.37. The molecule has 0 aromatic heterocycles. The first-order chi connectivity index (χ1) is 9.79. The molecule has 1 nitrogen and oxygen atoms in total. The van der Waals surface area contributed by atoms with Crippen molar-refractivity contribution in [3.05, 3.63) is 62.6 Å². The van der Waals surface area contributed by atoms with Gasteiger partial charge >= 0.3 is 0 Å². The van der Waals surface area contributed by atoms with Gasteiger partial charge < -0.3 is 5.32 Å². The minimum atomic E-state index is -0.602. The molecule has 0 bridgehead atoms. The standard InChI is InChI=1S/C17H18BrF2N/c1-9-5-11(3)14(6-10(9)2)12(4)21-17-15(19)7-13(18)8-16(17)20/h5-8,12,21H,1-4H3. The van der Waals surface area contributed by atoms with Crippen LogP contribution >= 0.6 is 15.9 Å². The number of nitrogens with one attached hydrogen (secondary N) is 1. The lowest BCUT2D eigenvalue weighted by Gasteiger charge is -2.20. The number of hydrogen-bond donors (Lipinski definition) is 1. The Hall–Kier alpha value is -1.42. The molecule has 1 atom stereocenters. The maximum Gasteiger partial charge on any atom is 0.150 e. The van der Waals surface area contributed by atoms with Crippen molar-refractivity contribution in [3.8, 4) is 0 Å². The predicted molar refractivity (Wildman–Crippen MR) is 86.7 cm³/mol. The number of rotatable bonds is 3. The minimum Gasteiger partial charge on any atom is -0.374 e. The second kappa shape index (κ2) is 6.14. The van der Waals surface area contributed by atoms with Gasteiger partial charge in [0.15, 0.2) is 0 Å². The van der Waals surface area contributed by atoms with E-state index >= 15 is 0 Å². The largest absolute Gasteiger partial charge is 0.374 e. The van der Waals surface area contributed by atoms with Crippen molar-refractivity contribution < 1.29 is 8.78 Å². The summed E-state index contributed by atoms with van der Waals surface area (Å²) in [7, 11) is 0. The monoisotopic (exact) mass is 353 g/mol. The van der Waals surface area contributed by atoms with Crippen LogP contribution in [0, 0.1) is 32.4 Å². The molecule has 4 heteroatoms. The average molecular weight is 354 g/mol. The van der Waals surface area contributed by atoms with Gasteiger partial charge in [-0.05, 0) is 62.1 Å². The third-order valence-corrected chi connectivity index (χ3v) is 4.17. The van der Waals surface area contributed by atoms with E-state index in [1.165, 1.54) is 23.3 Å². The molecule has 0 radical (unpaired) electrons. The zero-order chi connectivity index (χ0) is 15.7. The number of benzene rings is 2. The molecule has 0 aliphatic rings. The number of anilines is 1. The highest BCUT2D eigenvalue weighted by molar-refractivity contribution is 9.10. The van der Waals surface area contributed by atoms with Gasteiger partial charge in [-0.2, -0.15) is 0 Å². The van der Waals surface area contributed by atoms with E-state index in [0.717, 1.165) is 11.1 Å². The maximum atomic E-state index is 13.9. The van der Waals surface area contributed by atoms with Crippen molar-refractivity contribution in [2.45, 2.75) is 33.7 Å². The lowest BCUT2D eigenvalue weighted by molar-refractivity contribution is 0.583. The molecule has 0 amide bonds. The van der Waals surface area contributed by atoms with Crippen LogP contribution in [0.2, 0.25) is 0 Å². The third kappa shape index (κ3) is 3.43. The van der Waals surface area contributed by atoms with Crippen molar-refractivity contribution >= 4 is 21.6 Å². The Morgan fingerprint density at radius 2 is 1.43 bits per heavy atom. The van der Waals surface area contributed by atoms with Gasteiger partial charge in [0.25, 0.3) is 0 Å². The van der Waals surface area contributed by atoms with Crippen molar-refractivity contribution in [1.29, 1.82) is 0 Å². The van der Waals surface area contributed by atoms with E-state index in [4.69, 9.17) is 0 Å². The number of halogens is 3. The first-order valence-corrected chi connectivity index (χ1v) is 7.57. The lowest BCUT2D eigenvalue weighted by Crippen LogP contribution is -2.11. The van der Waals surface area contributed by atoms with Gasteiger partial charge in [0.1, 0.15) is 17.3 Å². The van der Waals surface area contributed by atoms with Crippen LogP contribution in [0.4, 0.5) is 14.5 Å². The first-order valence-electron chi connectivity index (χ1n) is 6.78. The molecule has 112 valence electrons. The predicted octanol–water partition coefficient (Wildman–Crippen LogP) is 5.83. The molecule has 2 rings (SSSR count). The highest BCUT2D eigenvalue weighted by atomic mass is 79.9. The summed E-state index contributed by atoms with van der Waals surface area (Å²) in [5, 5.41) is 2.94. The highest BCUT2D eigenvalue weighted by Gasteiger charge is 2.16.